The van der Waals surface area contributed by atoms with Gasteiger partial charge in [-0.25, -0.2) is 0 Å². The minimum absolute atomic E-state index is 0.0307. The van der Waals surface area contributed by atoms with Crippen LogP contribution >= 0.6 is 0 Å². The summed E-state index contributed by atoms with van der Waals surface area (Å²) in [5, 5.41) is 10.2. The van der Waals surface area contributed by atoms with Gasteiger partial charge in [-0.3, -0.25) is 0 Å². The van der Waals surface area contributed by atoms with Gasteiger partial charge in [0.1, 0.15) is 0 Å². The predicted molar refractivity (Wildman–Crippen MR) is 298 cm³/mol. The lowest BCUT2D eigenvalue weighted by molar-refractivity contribution is 0.568. The van der Waals surface area contributed by atoms with E-state index in [1.807, 2.05) is 0 Å². The number of benzene rings is 9. The van der Waals surface area contributed by atoms with Crippen molar-refractivity contribution < 1.29 is 0 Å². The van der Waals surface area contributed by atoms with E-state index in [1.54, 1.807) is 0 Å². The second kappa shape index (κ2) is 15.6. The summed E-state index contributed by atoms with van der Waals surface area (Å²) in [5.41, 5.74) is 16.3. The Morgan fingerprint density at radius 2 is 0.853 bits per heavy atom. The fraction of sp³-hybridized carbons (Fsp3) is 0.303. The molecule has 68 heavy (non-hydrogen) atoms. The number of rotatable bonds is 5. The van der Waals surface area contributed by atoms with Crippen LogP contribution in [0.2, 0.25) is 0 Å². The molecule has 0 saturated carbocycles. The summed E-state index contributed by atoms with van der Waals surface area (Å²) in [6.07, 6.45) is 0. The van der Waals surface area contributed by atoms with Gasteiger partial charge in [-0.05, 0) is 148 Å². The standard InChI is InChI=1S/C66H70N2/c1-62(2,3)44-25-33-58-53(38-44)54-39-45(63(4,5)6)26-34-59(54)68(58)57-32-24-43-21-28-50-56(31-23-42-22-29-51(57)61(43)60(42)50)67(49-36-46(64(7,8)9)35-47(37-49)65(10,11)12)48-27-30-55(66(13,14)15)52(40-48)41-19-17-16-18-20-41/h16-40H,1-15H3. The van der Waals surface area contributed by atoms with Gasteiger partial charge in [-0.15, -0.1) is 0 Å². The smallest absolute Gasteiger partial charge is 0.0541 e. The lowest BCUT2D eigenvalue weighted by atomic mass is 9.80. The maximum atomic E-state index is 2.56. The molecule has 0 saturated heterocycles. The fourth-order valence-corrected chi connectivity index (χ4v) is 10.6. The van der Waals surface area contributed by atoms with Crippen LogP contribution in [0.4, 0.5) is 17.1 Å². The lowest BCUT2D eigenvalue weighted by Gasteiger charge is -2.33. The molecule has 344 valence electrons. The quantitative estimate of drug-likeness (QED) is 0.156. The van der Waals surface area contributed by atoms with Gasteiger partial charge >= 0.3 is 0 Å². The van der Waals surface area contributed by atoms with Crippen molar-refractivity contribution in [1.82, 2.24) is 4.57 Å². The Kier molecular flexibility index (Phi) is 10.4. The van der Waals surface area contributed by atoms with Gasteiger partial charge in [0.25, 0.3) is 0 Å². The van der Waals surface area contributed by atoms with Crippen molar-refractivity contribution >= 4 is 71.2 Å². The molecule has 0 atom stereocenters. The minimum atomic E-state index is -0.0541. The third-order valence-electron chi connectivity index (χ3n) is 14.7. The topological polar surface area (TPSA) is 8.17 Å². The Morgan fingerprint density at radius 3 is 1.38 bits per heavy atom. The normalized spacial score (nSPS) is 13.2. The van der Waals surface area contributed by atoms with Gasteiger partial charge in [0, 0.05) is 32.9 Å². The van der Waals surface area contributed by atoms with Crippen LogP contribution in [0.15, 0.2) is 152 Å². The van der Waals surface area contributed by atoms with E-state index >= 15 is 0 Å². The molecule has 0 aliphatic heterocycles. The first-order valence-electron chi connectivity index (χ1n) is 24.8. The largest absolute Gasteiger partial charge is 0.310 e. The number of anilines is 3. The van der Waals surface area contributed by atoms with Crippen LogP contribution in [0.1, 0.15) is 132 Å². The molecule has 10 rings (SSSR count). The highest BCUT2D eigenvalue weighted by atomic mass is 15.1. The van der Waals surface area contributed by atoms with Gasteiger partial charge in [-0.2, -0.15) is 0 Å². The first-order chi connectivity index (χ1) is 31.9. The van der Waals surface area contributed by atoms with E-state index in [0.29, 0.717) is 0 Å². The van der Waals surface area contributed by atoms with Crippen LogP contribution in [0.5, 0.6) is 0 Å². The van der Waals surface area contributed by atoms with Gasteiger partial charge in [0.05, 0.1) is 22.4 Å². The number of nitrogens with zero attached hydrogens (tertiary/aromatic N) is 2. The molecule has 0 fully saturated rings. The Balaban J connectivity index is 1.28. The Labute approximate surface area is 406 Å². The molecule has 0 bridgehead atoms. The van der Waals surface area contributed by atoms with Gasteiger partial charge in [-0.1, -0.05) is 195 Å². The third-order valence-corrected chi connectivity index (χ3v) is 14.7. The van der Waals surface area contributed by atoms with Crippen LogP contribution < -0.4 is 4.90 Å². The molecule has 0 aliphatic rings. The van der Waals surface area contributed by atoms with E-state index in [1.165, 1.54) is 110 Å². The highest BCUT2D eigenvalue weighted by Gasteiger charge is 2.28. The lowest BCUT2D eigenvalue weighted by Crippen LogP contribution is -2.19. The van der Waals surface area contributed by atoms with E-state index < -0.39 is 0 Å². The molecule has 0 aliphatic carbocycles. The SMILES string of the molecule is CC(C)(C)c1cc(N(c2ccc(C(C)(C)C)c(-c3ccccc3)c2)c2ccc3ccc4c(-n5c6ccc(C(C)(C)C)cc6c6cc(C(C)(C)C)ccc65)ccc5ccc2c3c54)cc(C(C)(C)C)c1. The average Bonchev–Trinajstić information content (AvgIpc) is 3.60. The molecule has 2 nitrogen and oxygen atoms in total. The van der Waals surface area contributed by atoms with Crippen LogP contribution in [-0.4, -0.2) is 4.57 Å². The fourth-order valence-electron chi connectivity index (χ4n) is 10.6. The summed E-state index contributed by atoms with van der Waals surface area (Å²) in [6.45, 7) is 34.9. The van der Waals surface area contributed by atoms with E-state index in [0.717, 1.165) is 5.69 Å². The van der Waals surface area contributed by atoms with Gasteiger partial charge in [0.15, 0.2) is 0 Å². The molecule has 1 heterocycles. The molecule has 0 spiro atoms. The third kappa shape index (κ3) is 7.75. The highest BCUT2D eigenvalue weighted by Crippen LogP contribution is 2.49. The molecule has 9 aromatic carbocycles. The number of hydrogen-bond acceptors (Lipinski definition) is 1. The van der Waals surface area contributed by atoms with Crippen molar-refractivity contribution in [2.24, 2.45) is 0 Å². The average molecular weight is 891 g/mol. The first-order valence-corrected chi connectivity index (χ1v) is 24.8. The van der Waals surface area contributed by atoms with Crippen LogP contribution in [-0.2, 0) is 27.1 Å². The van der Waals surface area contributed by atoms with Crippen molar-refractivity contribution in [3.05, 3.63) is 179 Å². The maximum absolute atomic E-state index is 2.56. The van der Waals surface area contributed by atoms with Crippen LogP contribution in [0, 0.1) is 0 Å². The molecular weight excluding hydrogens is 821 g/mol. The monoisotopic (exact) mass is 891 g/mol. The van der Waals surface area contributed by atoms with Gasteiger partial charge < -0.3 is 9.47 Å². The van der Waals surface area contributed by atoms with Crippen molar-refractivity contribution in [3.8, 4) is 16.8 Å². The molecule has 0 N–H and O–H groups in total. The minimum Gasteiger partial charge on any atom is -0.310 e. The van der Waals surface area contributed by atoms with E-state index in [4.69, 9.17) is 0 Å². The number of fused-ring (bicyclic) bond motifs is 3. The summed E-state index contributed by atoms with van der Waals surface area (Å²) in [5.74, 6) is 0. The van der Waals surface area contributed by atoms with Crippen molar-refractivity contribution in [3.63, 3.8) is 0 Å². The Morgan fingerprint density at radius 1 is 0.353 bits per heavy atom. The molecule has 0 unspecified atom stereocenters. The first kappa shape index (κ1) is 45.4. The summed E-state index contributed by atoms with van der Waals surface area (Å²) < 4.78 is 2.54. The molecular formula is C66H70N2. The van der Waals surface area contributed by atoms with Crippen molar-refractivity contribution in [2.45, 2.75) is 131 Å². The van der Waals surface area contributed by atoms with Gasteiger partial charge in [0.2, 0.25) is 0 Å². The van der Waals surface area contributed by atoms with Crippen LogP contribution in [0.25, 0.3) is 70.9 Å². The second-order valence-electron chi connectivity index (χ2n) is 24.8. The number of aromatic nitrogens is 1. The molecule has 0 radical (unpaired) electrons. The maximum Gasteiger partial charge on any atom is 0.0541 e. The van der Waals surface area contributed by atoms with Crippen molar-refractivity contribution in [1.29, 1.82) is 0 Å². The molecule has 0 amide bonds. The Hall–Kier alpha value is -6.38. The zero-order valence-electron chi connectivity index (χ0n) is 43.3. The van der Waals surface area contributed by atoms with Crippen molar-refractivity contribution in [2.75, 3.05) is 4.90 Å². The van der Waals surface area contributed by atoms with E-state index in [2.05, 4.69) is 265 Å². The van der Waals surface area contributed by atoms with E-state index in [9.17, 15) is 0 Å². The zero-order valence-corrected chi connectivity index (χ0v) is 43.3. The summed E-state index contributed by atoms with van der Waals surface area (Å²) in [4.78, 5) is 2.56. The summed E-state index contributed by atoms with van der Waals surface area (Å²) in [7, 11) is 0. The highest BCUT2D eigenvalue weighted by molar-refractivity contribution is 6.27. The second-order valence-corrected chi connectivity index (χ2v) is 24.8. The summed E-state index contributed by atoms with van der Waals surface area (Å²) in [6, 6.07) is 58.7. The summed E-state index contributed by atoms with van der Waals surface area (Å²) >= 11 is 0. The van der Waals surface area contributed by atoms with Crippen LogP contribution in [0.3, 0.4) is 0 Å². The zero-order chi connectivity index (χ0) is 48.5. The molecule has 1 aromatic heterocycles. The number of hydrogen-bond donors (Lipinski definition) is 0. The predicted octanol–water partition coefficient (Wildman–Crippen LogP) is 19.3. The molecule has 2 heteroatoms. The Bertz CT molecular complexity index is 3460. The molecule has 10 aromatic rings. The van der Waals surface area contributed by atoms with E-state index in [-0.39, 0.29) is 27.1 Å².